The molecule has 0 radical (unpaired) electrons. The van der Waals surface area contributed by atoms with E-state index in [1.807, 2.05) is 18.2 Å². The van der Waals surface area contributed by atoms with Gasteiger partial charge in [0.1, 0.15) is 11.9 Å². The molecule has 5 heteroatoms. The number of hydrogen-bond donors (Lipinski definition) is 2. The average molecular weight is 470 g/mol. The molecule has 4 rings (SSSR count). The highest BCUT2D eigenvalue weighted by Crippen LogP contribution is 2.36. The number of nitrogens with zero attached hydrogens (tertiary/aromatic N) is 1. The first-order chi connectivity index (χ1) is 14.0. The van der Waals surface area contributed by atoms with Crippen molar-refractivity contribution < 1.29 is 5.11 Å². The van der Waals surface area contributed by atoms with Gasteiger partial charge in [-0.3, -0.25) is 10.3 Å². The first kappa shape index (κ1) is 20.1. The topological polar surface area (TPSA) is 44.6 Å². The van der Waals surface area contributed by atoms with Gasteiger partial charge in [-0.25, -0.2) is 0 Å². The Bertz CT molecular complexity index is 1030. The molecular formula is C24H22BrClN2O. The van der Waals surface area contributed by atoms with Crippen molar-refractivity contribution in [1.82, 2.24) is 5.32 Å². The smallest absolute Gasteiger partial charge is 0.126 e. The molecule has 3 aromatic rings. The molecule has 0 saturated carbocycles. The van der Waals surface area contributed by atoms with Crippen molar-refractivity contribution in [3.05, 3.63) is 98.5 Å². The first-order valence-corrected chi connectivity index (χ1v) is 10.9. The maximum absolute atomic E-state index is 10.5. The van der Waals surface area contributed by atoms with Gasteiger partial charge in [-0.1, -0.05) is 70.9 Å². The molecule has 0 aliphatic carbocycles. The summed E-state index contributed by atoms with van der Waals surface area (Å²) in [7, 11) is 0. The molecule has 3 nitrogen and oxygen atoms in total. The average Bonchev–Trinajstić information content (AvgIpc) is 2.75. The quantitative estimate of drug-likeness (QED) is 0.452. The van der Waals surface area contributed by atoms with Gasteiger partial charge in [0.05, 0.1) is 0 Å². The Morgan fingerprint density at radius 2 is 1.79 bits per heavy atom. The molecule has 148 valence electrons. The molecule has 1 heterocycles. The van der Waals surface area contributed by atoms with Crippen molar-refractivity contribution in [3.63, 3.8) is 0 Å². The van der Waals surface area contributed by atoms with Crippen LogP contribution in [0.15, 0.2) is 76.2 Å². The Hall–Kier alpha value is -2.14. The zero-order chi connectivity index (χ0) is 20.4. The fraction of sp³-hybridized carbons (Fsp3) is 0.208. The van der Waals surface area contributed by atoms with Gasteiger partial charge in [0, 0.05) is 33.2 Å². The second-order valence-corrected chi connectivity index (χ2v) is 8.56. The lowest BCUT2D eigenvalue weighted by atomic mass is 9.93. The third kappa shape index (κ3) is 4.55. The molecule has 0 saturated heterocycles. The van der Waals surface area contributed by atoms with E-state index in [-0.39, 0.29) is 18.0 Å². The normalized spacial score (nSPS) is 19.1. The molecule has 2 atom stereocenters. The zero-order valence-electron chi connectivity index (χ0n) is 16.1. The standard InChI is InChI=1S/C24H22BrClN2O/c1-2-15-3-5-16(6-4-15)21-14-22(20-13-19(26)11-12-23(20)29)28-24(27-21)17-7-9-18(25)10-8-17/h3-13,22,24,28-29H,2,14H2,1H3/t22-,24+/m0/s1. The summed E-state index contributed by atoms with van der Waals surface area (Å²) in [6.07, 6.45) is 1.47. The summed E-state index contributed by atoms with van der Waals surface area (Å²) in [5.41, 5.74) is 5.29. The molecule has 0 spiro atoms. The van der Waals surface area contributed by atoms with Gasteiger partial charge < -0.3 is 5.11 Å². The van der Waals surface area contributed by atoms with Crippen molar-refractivity contribution in [2.75, 3.05) is 0 Å². The lowest BCUT2D eigenvalue weighted by Gasteiger charge is -2.31. The Morgan fingerprint density at radius 1 is 1.07 bits per heavy atom. The van der Waals surface area contributed by atoms with E-state index in [4.69, 9.17) is 16.6 Å². The van der Waals surface area contributed by atoms with Crippen LogP contribution in [0.25, 0.3) is 0 Å². The highest BCUT2D eigenvalue weighted by molar-refractivity contribution is 9.10. The van der Waals surface area contributed by atoms with Gasteiger partial charge >= 0.3 is 0 Å². The number of phenols is 1. The van der Waals surface area contributed by atoms with E-state index < -0.39 is 0 Å². The molecule has 0 unspecified atom stereocenters. The molecule has 2 N–H and O–H groups in total. The predicted molar refractivity (Wildman–Crippen MR) is 123 cm³/mol. The molecule has 1 aliphatic heterocycles. The number of aliphatic imine (C=N–C) groups is 1. The highest BCUT2D eigenvalue weighted by Gasteiger charge is 2.27. The van der Waals surface area contributed by atoms with Crippen molar-refractivity contribution in [1.29, 1.82) is 0 Å². The molecular weight excluding hydrogens is 448 g/mol. The number of aromatic hydroxyl groups is 1. The Morgan fingerprint density at radius 3 is 2.48 bits per heavy atom. The van der Waals surface area contributed by atoms with Gasteiger partial charge in [0.25, 0.3) is 0 Å². The van der Waals surface area contributed by atoms with Crippen molar-refractivity contribution in [2.24, 2.45) is 4.99 Å². The summed E-state index contributed by atoms with van der Waals surface area (Å²) in [6, 6.07) is 21.8. The van der Waals surface area contributed by atoms with E-state index >= 15 is 0 Å². The van der Waals surface area contributed by atoms with E-state index in [2.05, 4.69) is 64.6 Å². The summed E-state index contributed by atoms with van der Waals surface area (Å²) >= 11 is 9.71. The maximum Gasteiger partial charge on any atom is 0.126 e. The van der Waals surface area contributed by atoms with Crippen LogP contribution in [0.5, 0.6) is 5.75 Å². The lowest BCUT2D eigenvalue weighted by molar-refractivity contribution is 0.412. The minimum Gasteiger partial charge on any atom is -0.508 e. The van der Waals surface area contributed by atoms with Crippen molar-refractivity contribution in [2.45, 2.75) is 32.0 Å². The fourth-order valence-corrected chi connectivity index (χ4v) is 4.08. The Kier molecular flexibility index (Phi) is 6.04. The summed E-state index contributed by atoms with van der Waals surface area (Å²) in [5, 5.41) is 14.6. The van der Waals surface area contributed by atoms with Gasteiger partial charge in [-0.2, -0.15) is 0 Å². The summed E-state index contributed by atoms with van der Waals surface area (Å²) in [6.45, 7) is 2.15. The van der Waals surface area contributed by atoms with Crippen LogP contribution in [0.1, 0.15) is 47.8 Å². The fourth-order valence-electron chi connectivity index (χ4n) is 3.63. The van der Waals surface area contributed by atoms with E-state index in [1.54, 1.807) is 12.1 Å². The maximum atomic E-state index is 10.5. The van der Waals surface area contributed by atoms with Crippen LogP contribution in [0, 0.1) is 0 Å². The largest absolute Gasteiger partial charge is 0.508 e. The molecule has 0 amide bonds. The predicted octanol–water partition coefficient (Wildman–Crippen LogP) is 6.59. The number of nitrogens with one attached hydrogen (secondary N) is 1. The van der Waals surface area contributed by atoms with Gasteiger partial charge in [-0.15, -0.1) is 0 Å². The third-order valence-electron chi connectivity index (χ3n) is 5.29. The minimum atomic E-state index is -0.207. The van der Waals surface area contributed by atoms with E-state index in [1.165, 1.54) is 5.56 Å². The molecule has 1 aliphatic rings. The van der Waals surface area contributed by atoms with Crippen LogP contribution < -0.4 is 5.32 Å². The number of benzene rings is 3. The van der Waals surface area contributed by atoms with Crippen LogP contribution >= 0.6 is 27.5 Å². The monoisotopic (exact) mass is 468 g/mol. The number of halogens is 2. The van der Waals surface area contributed by atoms with Gasteiger partial charge in [0.15, 0.2) is 0 Å². The number of rotatable bonds is 4. The molecule has 3 aromatic carbocycles. The first-order valence-electron chi connectivity index (χ1n) is 9.69. The van der Waals surface area contributed by atoms with E-state index in [0.717, 1.165) is 33.3 Å². The van der Waals surface area contributed by atoms with E-state index in [9.17, 15) is 5.11 Å². The van der Waals surface area contributed by atoms with Crippen LogP contribution in [-0.2, 0) is 6.42 Å². The van der Waals surface area contributed by atoms with E-state index in [0.29, 0.717) is 11.4 Å². The van der Waals surface area contributed by atoms with Crippen molar-refractivity contribution >= 4 is 33.2 Å². The third-order valence-corrected chi connectivity index (χ3v) is 6.05. The van der Waals surface area contributed by atoms with Gasteiger partial charge in [0.2, 0.25) is 0 Å². The second-order valence-electron chi connectivity index (χ2n) is 7.21. The number of aryl methyl sites for hydroxylation is 1. The van der Waals surface area contributed by atoms with Crippen LogP contribution in [0.4, 0.5) is 0 Å². The molecule has 0 fully saturated rings. The molecule has 29 heavy (non-hydrogen) atoms. The minimum absolute atomic E-state index is 0.0966. The SMILES string of the molecule is CCc1ccc(C2=N[C@@H](c3ccc(Br)cc3)N[C@H](c3cc(Cl)ccc3O)C2)cc1. The van der Waals surface area contributed by atoms with Crippen molar-refractivity contribution in [3.8, 4) is 5.75 Å². The second kappa shape index (κ2) is 8.70. The lowest BCUT2D eigenvalue weighted by Crippen LogP contribution is -2.33. The van der Waals surface area contributed by atoms with Gasteiger partial charge in [-0.05, 0) is 53.4 Å². The summed E-state index contributed by atoms with van der Waals surface area (Å²) in [5.74, 6) is 0.240. The summed E-state index contributed by atoms with van der Waals surface area (Å²) < 4.78 is 1.03. The summed E-state index contributed by atoms with van der Waals surface area (Å²) in [4.78, 5) is 5.01. The number of hydrogen-bond acceptors (Lipinski definition) is 3. The Labute approximate surface area is 184 Å². The highest BCUT2D eigenvalue weighted by atomic mass is 79.9. The number of phenolic OH excluding ortho intramolecular Hbond substituents is 1. The molecule has 0 bridgehead atoms. The Balaban J connectivity index is 1.75. The van der Waals surface area contributed by atoms with Crippen LogP contribution in [-0.4, -0.2) is 10.8 Å². The van der Waals surface area contributed by atoms with Crippen LogP contribution in [0.2, 0.25) is 5.02 Å². The molecule has 0 aromatic heterocycles. The zero-order valence-corrected chi connectivity index (χ0v) is 18.4. The van der Waals surface area contributed by atoms with Crippen LogP contribution in [0.3, 0.4) is 0 Å².